The zero-order valence-electron chi connectivity index (χ0n) is 31.3. The molecule has 2 heterocycles. The van der Waals surface area contributed by atoms with Gasteiger partial charge in [-0.1, -0.05) is 115 Å². The van der Waals surface area contributed by atoms with E-state index >= 15 is 0 Å². The minimum absolute atomic E-state index is 0.866. The Labute approximate surface area is 334 Å². The van der Waals surface area contributed by atoms with Crippen LogP contribution in [0.2, 0.25) is 0 Å². The Kier molecular flexibility index (Phi) is 7.20. The van der Waals surface area contributed by atoms with Crippen molar-refractivity contribution in [1.29, 1.82) is 0 Å². The zero-order chi connectivity index (χ0) is 38.2. The third-order valence-corrected chi connectivity index (χ3v) is 11.6. The SMILES string of the molecule is c1ccc(N(c2cccc(N(c3ccc4ccc5cc6oc7ccccc7c6cc5c4c3)c3ccc4oc5ccccc5c4c3)c2)c2cccc3ccccc23)cc1. The highest BCUT2D eigenvalue weighted by atomic mass is 16.3. The number of hydrogen-bond donors (Lipinski definition) is 0. The number of rotatable bonds is 6. The highest BCUT2D eigenvalue weighted by molar-refractivity contribution is 6.17. The monoisotopic (exact) mass is 742 g/mol. The molecule has 2 aromatic heterocycles. The Morgan fingerprint density at radius 1 is 0.241 bits per heavy atom. The Bertz CT molecular complexity index is 3540. The molecule has 0 unspecified atom stereocenters. The molecule has 10 aromatic carbocycles. The molecule has 0 amide bonds. The molecule has 0 radical (unpaired) electrons. The van der Waals surface area contributed by atoms with Crippen molar-refractivity contribution < 1.29 is 8.83 Å². The molecule has 0 bridgehead atoms. The molecule has 0 aliphatic rings. The molecule has 0 N–H and O–H groups in total. The second-order valence-corrected chi connectivity index (χ2v) is 14.9. The van der Waals surface area contributed by atoms with Gasteiger partial charge in [-0.25, -0.2) is 0 Å². The predicted molar refractivity (Wildman–Crippen MR) is 243 cm³/mol. The summed E-state index contributed by atoms with van der Waals surface area (Å²) in [6, 6.07) is 73.5. The zero-order valence-corrected chi connectivity index (χ0v) is 31.3. The number of fused-ring (bicyclic) bond motifs is 10. The molecule has 0 aliphatic carbocycles. The first-order chi connectivity index (χ1) is 28.7. The van der Waals surface area contributed by atoms with Crippen molar-refractivity contribution in [3.8, 4) is 0 Å². The van der Waals surface area contributed by atoms with Gasteiger partial charge in [-0.15, -0.1) is 0 Å². The average molecular weight is 743 g/mol. The number of hydrogen-bond acceptors (Lipinski definition) is 4. The van der Waals surface area contributed by atoms with E-state index in [9.17, 15) is 0 Å². The standard InChI is InChI=1S/C54H34N2O2/c1-2-14-38(15-3-1)56(50-21-10-13-35-12-4-5-18-43(35)50)40-17-11-16-39(31-40)55(42-28-29-53-48(33-42)44-19-6-8-22-51(44)57-53)41-27-26-36-24-25-37-30-54-49(34-47(37)46(36)32-41)45-20-7-9-23-52(45)58-54/h1-34H. The van der Waals surface area contributed by atoms with Crippen LogP contribution >= 0.6 is 0 Å². The van der Waals surface area contributed by atoms with Gasteiger partial charge in [-0.2, -0.15) is 0 Å². The molecule has 12 rings (SSSR count). The van der Waals surface area contributed by atoms with E-state index in [2.05, 4.69) is 192 Å². The van der Waals surface area contributed by atoms with E-state index < -0.39 is 0 Å². The average Bonchev–Trinajstić information content (AvgIpc) is 3.84. The van der Waals surface area contributed by atoms with Crippen LogP contribution in [0.5, 0.6) is 0 Å². The third kappa shape index (κ3) is 5.16. The van der Waals surface area contributed by atoms with Gasteiger partial charge in [0.1, 0.15) is 22.3 Å². The molecule has 0 saturated carbocycles. The lowest BCUT2D eigenvalue weighted by Crippen LogP contribution is -2.13. The van der Waals surface area contributed by atoms with Crippen LogP contribution in [0.3, 0.4) is 0 Å². The van der Waals surface area contributed by atoms with Crippen molar-refractivity contribution in [2.75, 3.05) is 9.80 Å². The molecule has 0 aliphatic heterocycles. The van der Waals surface area contributed by atoms with Crippen molar-refractivity contribution >= 4 is 110 Å². The van der Waals surface area contributed by atoms with Gasteiger partial charge in [0.15, 0.2) is 0 Å². The first-order valence-electron chi connectivity index (χ1n) is 19.7. The summed E-state index contributed by atoms with van der Waals surface area (Å²) in [5.41, 5.74) is 9.94. The smallest absolute Gasteiger partial charge is 0.136 e. The lowest BCUT2D eigenvalue weighted by atomic mass is 9.98. The van der Waals surface area contributed by atoms with E-state index in [-0.39, 0.29) is 0 Å². The molecule has 4 nitrogen and oxygen atoms in total. The normalized spacial score (nSPS) is 11.8. The van der Waals surface area contributed by atoms with Crippen LogP contribution in [-0.2, 0) is 0 Å². The summed E-state index contributed by atoms with van der Waals surface area (Å²) in [6.07, 6.45) is 0. The van der Waals surface area contributed by atoms with Crippen LogP contribution in [0.1, 0.15) is 0 Å². The maximum Gasteiger partial charge on any atom is 0.136 e. The van der Waals surface area contributed by atoms with Crippen LogP contribution in [0.15, 0.2) is 215 Å². The molecule has 0 atom stereocenters. The molecule has 4 heteroatoms. The fraction of sp³-hybridized carbons (Fsp3) is 0. The third-order valence-electron chi connectivity index (χ3n) is 11.6. The lowest BCUT2D eigenvalue weighted by Gasteiger charge is -2.30. The van der Waals surface area contributed by atoms with Gasteiger partial charge in [0.2, 0.25) is 0 Å². The topological polar surface area (TPSA) is 32.8 Å². The minimum Gasteiger partial charge on any atom is -0.456 e. The van der Waals surface area contributed by atoms with Gasteiger partial charge in [0.05, 0.1) is 5.69 Å². The lowest BCUT2D eigenvalue weighted by molar-refractivity contribution is 0.668. The highest BCUT2D eigenvalue weighted by Gasteiger charge is 2.21. The van der Waals surface area contributed by atoms with Gasteiger partial charge in [0, 0.05) is 55.4 Å². The van der Waals surface area contributed by atoms with Crippen molar-refractivity contribution in [1.82, 2.24) is 0 Å². The van der Waals surface area contributed by atoms with E-state index in [1.807, 2.05) is 24.3 Å². The number of anilines is 6. The highest BCUT2D eigenvalue weighted by Crippen LogP contribution is 2.45. The van der Waals surface area contributed by atoms with Gasteiger partial charge < -0.3 is 18.6 Å². The Morgan fingerprint density at radius 2 is 0.741 bits per heavy atom. The molecule has 272 valence electrons. The molecule has 58 heavy (non-hydrogen) atoms. The summed E-state index contributed by atoms with van der Waals surface area (Å²) >= 11 is 0. The van der Waals surface area contributed by atoms with E-state index in [1.165, 1.54) is 26.9 Å². The fourth-order valence-corrected chi connectivity index (χ4v) is 8.88. The summed E-state index contributed by atoms with van der Waals surface area (Å²) in [7, 11) is 0. The number of benzene rings is 10. The van der Waals surface area contributed by atoms with E-state index in [0.717, 1.165) is 83.4 Å². The predicted octanol–water partition coefficient (Wildman–Crippen LogP) is 15.9. The summed E-state index contributed by atoms with van der Waals surface area (Å²) in [5.74, 6) is 0. The first-order valence-corrected chi connectivity index (χ1v) is 19.7. The fourth-order valence-electron chi connectivity index (χ4n) is 8.88. The molecule has 12 aromatic rings. The first kappa shape index (κ1) is 32.4. The number of para-hydroxylation sites is 3. The maximum atomic E-state index is 6.31. The number of nitrogens with zero attached hydrogens (tertiary/aromatic N) is 2. The largest absolute Gasteiger partial charge is 0.456 e. The summed E-state index contributed by atoms with van der Waals surface area (Å²) in [5, 5.41) is 11.5. The molecular formula is C54H34N2O2. The van der Waals surface area contributed by atoms with E-state index in [0.29, 0.717) is 0 Å². The Balaban J connectivity index is 1.10. The summed E-state index contributed by atoms with van der Waals surface area (Å²) < 4.78 is 12.6. The van der Waals surface area contributed by atoms with Gasteiger partial charge >= 0.3 is 0 Å². The van der Waals surface area contributed by atoms with Crippen molar-refractivity contribution in [3.05, 3.63) is 206 Å². The quantitative estimate of drug-likeness (QED) is 0.159. The van der Waals surface area contributed by atoms with Gasteiger partial charge in [0.25, 0.3) is 0 Å². The van der Waals surface area contributed by atoms with Crippen LogP contribution in [0, 0.1) is 0 Å². The summed E-state index contributed by atoms with van der Waals surface area (Å²) in [4.78, 5) is 4.74. The van der Waals surface area contributed by atoms with Crippen molar-refractivity contribution in [2.24, 2.45) is 0 Å². The van der Waals surface area contributed by atoms with Gasteiger partial charge in [-0.3, -0.25) is 0 Å². The van der Waals surface area contributed by atoms with Crippen LogP contribution in [0.4, 0.5) is 34.1 Å². The Morgan fingerprint density at radius 3 is 1.55 bits per heavy atom. The molecular weight excluding hydrogens is 709 g/mol. The van der Waals surface area contributed by atoms with Crippen LogP contribution < -0.4 is 9.80 Å². The van der Waals surface area contributed by atoms with E-state index in [1.54, 1.807) is 0 Å². The van der Waals surface area contributed by atoms with E-state index in [4.69, 9.17) is 8.83 Å². The van der Waals surface area contributed by atoms with Crippen LogP contribution in [-0.4, -0.2) is 0 Å². The maximum absolute atomic E-state index is 6.31. The second-order valence-electron chi connectivity index (χ2n) is 14.9. The number of furan rings is 2. The summed E-state index contributed by atoms with van der Waals surface area (Å²) in [6.45, 7) is 0. The second kappa shape index (κ2) is 12.9. The van der Waals surface area contributed by atoms with Gasteiger partial charge in [-0.05, 0) is 118 Å². The van der Waals surface area contributed by atoms with Crippen molar-refractivity contribution in [3.63, 3.8) is 0 Å². The molecule has 0 spiro atoms. The van der Waals surface area contributed by atoms with Crippen molar-refractivity contribution in [2.45, 2.75) is 0 Å². The molecule has 0 fully saturated rings. The van der Waals surface area contributed by atoms with Crippen LogP contribution in [0.25, 0.3) is 76.2 Å². The Hall–Kier alpha value is -7.82. The molecule has 0 saturated heterocycles. The minimum atomic E-state index is 0.866.